The fourth-order valence-corrected chi connectivity index (χ4v) is 1.42. The summed E-state index contributed by atoms with van der Waals surface area (Å²) in [6.07, 6.45) is 2.11. The molecule has 1 aromatic rings. The number of nitrogens with one attached hydrogen (secondary N) is 1. The Balaban J connectivity index is 2.20. The number of hydrogen-bond acceptors (Lipinski definition) is 3. The minimum atomic E-state index is 0.276. The van der Waals surface area contributed by atoms with E-state index in [-0.39, 0.29) is 6.61 Å². The van der Waals surface area contributed by atoms with Crippen molar-refractivity contribution in [2.45, 2.75) is 19.8 Å². The van der Waals surface area contributed by atoms with Crippen molar-refractivity contribution in [2.24, 2.45) is 5.92 Å². The molecule has 15 heavy (non-hydrogen) atoms. The van der Waals surface area contributed by atoms with Gasteiger partial charge in [-0.25, -0.2) is 0 Å². The zero-order chi connectivity index (χ0) is 11.1. The van der Waals surface area contributed by atoms with Gasteiger partial charge >= 0.3 is 0 Å². The zero-order valence-corrected chi connectivity index (χ0v) is 9.24. The molecule has 0 spiro atoms. The van der Waals surface area contributed by atoms with Crippen molar-refractivity contribution in [3.8, 4) is 0 Å². The maximum atomic E-state index is 8.85. The third-order valence-corrected chi connectivity index (χ3v) is 2.40. The van der Waals surface area contributed by atoms with Crippen LogP contribution in [0.1, 0.15) is 19.8 Å². The lowest BCUT2D eigenvalue weighted by atomic mass is 10.1. The van der Waals surface area contributed by atoms with Gasteiger partial charge in [0.15, 0.2) is 0 Å². The summed E-state index contributed by atoms with van der Waals surface area (Å²) in [6, 6.07) is 7.74. The summed E-state index contributed by atoms with van der Waals surface area (Å²) < 4.78 is 0. The van der Waals surface area contributed by atoms with Gasteiger partial charge in [-0.3, -0.25) is 0 Å². The van der Waals surface area contributed by atoms with E-state index in [1.165, 1.54) is 0 Å². The zero-order valence-electron chi connectivity index (χ0n) is 9.24. The van der Waals surface area contributed by atoms with E-state index in [0.29, 0.717) is 5.92 Å². The molecule has 0 aliphatic rings. The normalized spacial score (nSPS) is 12.4. The van der Waals surface area contributed by atoms with Gasteiger partial charge < -0.3 is 16.2 Å². The molecule has 0 heterocycles. The maximum absolute atomic E-state index is 8.85. The molecule has 0 amide bonds. The van der Waals surface area contributed by atoms with Gasteiger partial charge in [0.1, 0.15) is 0 Å². The first-order chi connectivity index (χ1) is 7.22. The third-order valence-electron chi connectivity index (χ3n) is 2.40. The van der Waals surface area contributed by atoms with Gasteiger partial charge in [0.25, 0.3) is 0 Å². The van der Waals surface area contributed by atoms with Crippen LogP contribution in [0.4, 0.5) is 11.4 Å². The Labute approximate surface area is 91.3 Å². The first kappa shape index (κ1) is 11.9. The molecule has 1 unspecified atom stereocenters. The Hall–Kier alpha value is -1.22. The van der Waals surface area contributed by atoms with Crippen molar-refractivity contribution < 1.29 is 5.11 Å². The maximum Gasteiger partial charge on any atom is 0.0456 e. The predicted octanol–water partition coefficient (Wildman–Crippen LogP) is 2.09. The standard InChI is InChI=1S/C12H20N2O/c1-10(9-15)4-3-7-14-12-6-2-5-11(13)8-12/h2,5-6,8,10,14-15H,3-4,7,9,13H2,1H3. The quantitative estimate of drug-likeness (QED) is 0.495. The minimum absolute atomic E-state index is 0.276. The van der Waals surface area contributed by atoms with Gasteiger partial charge in [0.2, 0.25) is 0 Å². The highest BCUT2D eigenvalue weighted by atomic mass is 16.3. The largest absolute Gasteiger partial charge is 0.399 e. The summed E-state index contributed by atoms with van der Waals surface area (Å²) in [6.45, 7) is 3.26. The highest BCUT2D eigenvalue weighted by molar-refractivity contribution is 5.53. The van der Waals surface area contributed by atoms with Crippen molar-refractivity contribution in [1.29, 1.82) is 0 Å². The average molecular weight is 208 g/mol. The molecule has 0 saturated carbocycles. The van der Waals surface area contributed by atoms with E-state index < -0.39 is 0 Å². The monoisotopic (exact) mass is 208 g/mol. The summed E-state index contributed by atoms with van der Waals surface area (Å²) >= 11 is 0. The van der Waals surface area contributed by atoms with Crippen LogP contribution in [0, 0.1) is 5.92 Å². The molecule has 84 valence electrons. The predicted molar refractivity (Wildman–Crippen MR) is 64.8 cm³/mol. The van der Waals surface area contributed by atoms with Crippen LogP contribution in [0.25, 0.3) is 0 Å². The van der Waals surface area contributed by atoms with E-state index in [0.717, 1.165) is 30.8 Å². The lowest BCUT2D eigenvalue weighted by molar-refractivity contribution is 0.229. The summed E-state index contributed by atoms with van der Waals surface area (Å²) in [5, 5.41) is 12.2. The van der Waals surface area contributed by atoms with Gasteiger partial charge in [0.05, 0.1) is 0 Å². The first-order valence-corrected chi connectivity index (χ1v) is 5.42. The fraction of sp³-hybridized carbons (Fsp3) is 0.500. The minimum Gasteiger partial charge on any atom is -0.399 e. The Morgan fingerprint density at radius 2 is 2.27 bits per heavy atom. The van der Waals surface area contributed by atoms with Crippen LogP contribution in [-0.4, -0.2) is 18.3 Å². The van der Waals surface area contributed by atoms with Crippen molar-refractivity contribution in [1.82, 2.24) is 0 Å². The van der Waals surface area contributed by atoms with Crippen molar-refractivity contribution >= 4 is 11.4 Å². The van der Waals surface area contributed by atoms with E-state index in [4.69, 9.17) is 10.8 Å². The summed E-state index contributed by atoms with van der Waals surface area (Å²) in [4.78, 5) is 0. The smallest absolute Gasteiger partial charge is 0.0456 e. The number of benzene rings is 1. The van der Waals surface area contributed by atoms with Crippen LogP contribution in [0.15, 0.2) is 24.3 Å². The number of aliphatic hydroxyl groups is 1. The summed E-state index contributed by atoms with van der Waals surface area (Å²) in [5.41, 5.74) is 7.50. The first-order valence-electron chi connectivity index (χ1n) is 5.42. The Morgan fingerprint density at radius 1 is 1.47 bits per heavy atom. The van der Waals surface area contributed by atoms with E-state index in [1.54, 1.807) is 0 Å². The van der Waals surface area contributed by atoms with Crippen LogP contribution in [0.5, 0.6) is 0 Å². The number of aliphatic hydroxyl groups excluding tert-OH is 1. The lowest BCUT2D eigenvalue weighted by Gasteiger charge is -2.09. The molecule has 1 rings (SSSR count). The van der Waals surface area contributed by atoms with Crippen molar-refractivity contribution in [3.05, 3.63) is 24.3 Å². The molecule has 0 aliphatic heterocycles. The molecule has 4 N–H and O–H groups in total. The van der Waals surface area contributed by atoms with Gasteiger partial charge in [0, 0.05) is 24.5 Å². The van der Waals surface area contributed by atoms with Crippen molar-refractivity contribution in [3.63, 3.8) is 0 Å². The summed E-state index contributed by atoms with van der Waals surface area (Å²) in [5.74, 6) is 0.396. The number of hydrogen-bond donors (Lipinski definition) is 3. The molecule has 0 aromatic heterocycles. The Morgan fingerprint density at radius 3 is 2.93 bits per heavy atom. The number of nitrogen functional groups attached to an aromatic ring is 1. The van der Waals surface area contributed by atoms with Crippen LogP contribution in [-0.2, 0) is 0 Å². The van der Waals surface area contributed by atoms with Crippen LogP contribution in [0.2, 0.25) is 0 Å². The SMILES string of the molecule is CC(CO)CCCNc1cccc(N)c1. The third kappa shape index (κ3) is 4.70. The van der Waals surface area contributed by atoms with E-state index in [1.807, 2.05) is 24.3 Å². The molecule has 0 bridgehead atoms. The fourth-order valence-electron chi connectivity index (χ4n) is 1.42. The van der Waals surface area contributed by atoms with E-state index in [9.17, 15) is 0 Å². The van der Waals surface area contributed by atoms with Gasteiger partial charge in [-0.1, -0.05) is 13.0 Å². The van der Waals surface area contributed by atoms with Crippen LogP contribution in [0.3, 0.4) is 0 Å². The highest BCUT2D eigenvalue weighted by Crippen LogP contribution is 2.12. The molecule has 0 saturated heterocycles. The van der Waals surface area contributed by atoms with Gasteiger partial charge in [-0.05, 0) is 37.0 Å². The number of nitrogens with two attached hydrogens (primary N) is 1. The molecule has 0 fully saturated rings. The molecule has 1 atom stereocenters. The summed E-state index contributed by atoms with van der Waals surface area (Å²) in [7, 11) is 0. The Kier molecular flexibility index (Phi) is 4.98. The molecule has 3 heteroatoms. The molecule has 0 aliphatic carbocycles. The lowest BCUT2D eigenvalue weighted by Crippen LogP contribution is -2.06. The number of rotatable bonds is 6. The topological polar surface area (TPSA) is 58.3 Å². The molecule has 0 radical (unpaired) electrons. The second kappa shape index (κ2) is 6.30. The van der Waals surface area contributed by atoms with E-state index in [2.05, 4.69) is 12.2 Å². The number of anilines is 2. The Bertz CT molecular complexity index is 289. The van der Waals surface area contributed by atoms with Crippen molar-refractivity contribution in [2.75, 3.05) is 24.2 Å². The van der Waals surface area contributed by atoms with E-state index >= 15 is 0 Å². The van der Waals surface area contributed by atoms with Gasteiger partial charge in [-0.15, -0.1) is 0 Å². The molecule has 1 aromatic carbocycles. The second-order valence-corrected chi connectivity index (χ2v) is 3.98. The molecule has 3 nitrogen and oxygen atoms in total. The molecular weight excluding hydrogens is 188 g/mol. The average Bonchev–Trinajstić information content (AvgIpc) is 2.24. The van der Waals surface area contributed by atoms with Gasteiger partial charge in [-0.2, -0.15) is 0 Å². The van der Waals surface area contributed by atoms with Crippen LogP contribution >= 0.6 is 0 Å². The van der Waals surface area contributed by atoms with Crippen LogP contribution < -0.4 is 11.1 Å². The molecular formula is C12H20N2O. The highest BCUT2D eigenvalue weighted by Gasteiger charge is 1.99. The second-order valence-electron chi connectivity index (χ2n) is 3.98.